The molecular weight excluding hydrogens is 418 g/mol. The largest absolute Gasteiger partial charge is 0.508 e. The highest BCUT2D eigenvalue weighted by Crippen LogP contribution is 2.51. The van der Waals surface area contributed by atoms with E-state index in [-0.39, 0.29) is 11.0 Å². The van der Waals surface area contributed by atoms with Crippen molar-refractivity contribution in [1.82, 2.24) is 4.90 Å². The molecule has 2 aliphatic carbocycles. The third kappa shape index (κ3) is 3.37. The Balaban J connectivity index is 1.35. The Morgan fingerprint density at radius 2 is 1.75 bits per heavy atom. The predicted molar refractivity (Wildman–Crippen MR) is 129 cm³/mol. The van der Waals surface area contributed by atoms with Gasteiger partial charge in [0.2, 0.25) is 0 Å². The smallest absolute Gasteiger partial charge is 0.119 e. The molecule has 6 rings (SSSR count). The summed E-state index contributed by atoms with van der Waals surface area (Å²) in [5.74, 6) is 1.47. The maximum absolute atomic E-state index is 10.1. The molecule has 162 valence electrons. The first-order valence-electron chi connectivity index (χ1n) is 11.2. The molecule has 0 saturated carbocycles. The molecule has 2 aromatic carbocycles. The second-order valence-corrected chi connectivity index (χ2v) is 9.80. The lowest BCUT2D eigenvalue weighted by molar-refractivity contribution is 0.238. The minimum absolute atomic E-state index is 0.101. The Kier molecular flexibility index (Phi) is 4.89. The molecule has 1 atom stereocenters. The summed E-state index contributed by atoms with van der Waals surface area (Å²) in [6.45, 7) is 4.07. The molecule has 0 aromatic heterocycles. The molecule has 0 radical (unpaired) electrons. The van der Waals surface area contributed by atoms with Gasteiger partial charge in [0.1, 0.15) is 23.9 Å². The van der Waals surface area contributed by atoms with Crippen LogP contribution in [0.2, 0.25) is 0 Å². The Morgan fingerprint density at radius 3 is 2.56 bits per heavy atom. The van der Waals surface area contributed by atoms with Gasteiger partial charge in [0.05, 0.1) is 5.25 Å². The molecule has 0 bridgehead atoms. The van der Waals surface area contributed by atoms with E-state index < -0.39 is 0 Å². The zero-order valence-corrected chi connectivity index (χ0v) is 18.6. The van der Waals surface area contributed by atoms with Crippen LogP contribution in [-0.4, -0.2) is 46.6 Å². The second kappa shape index (κ2) is 7.91. The maximum atomic E-state index is 10.1. The second-order valence-electron chi connectivity index (χ2n) is 8.65. The highest BCUT2D eigenvalue weighted by Gasteiger charge is 2.35. The van der Waals surface area contributed by atoms with Crippen LogP contribution in [0.4, 0.5) is 0 Å². The van der Waals surface area contributed by atoms with Crippen LogP contribution in [0, 0.1) is 0 Å². The molecule has 1 saturated heterocycles. The summed E-state index contributed by atoms with van der Waals surface area (Å²) in [7, 11) is 0. The molecule has 2 aromatic rings. The topological polar surface area (TPSA) is 52.9 Å². The number of allylic oxidation sites excluding steroid dienone is 2. The number of fused-ring (bicyclic) bond motifs is 3. The lowest BCUT2D eigenvalue weighted by atomic mass is 9.92. The lowest BCUT2D eigenvalue weighted by Gasteiger charge is -2.15. The summed E-state index contributed by atoms with van der Waals surface area (Å²) in [5.41, 5.74) is 4.74. The Morgan fingerprint density at radius 1 is 0.938 bits per heavy atom. The van der Waals surface area contributed by atoms with Crippen molar-refractivity contribution in [3.05, 3.63) is 93.6 Å². The lowest BCUT2D eigenvalue weighted by Crippen LogP contribution is -2.25. The van der Waals surface area contributed by atoms with E-state index in [2.05, 4.69) is 29.2 Å². The SMILES string of the molecule is OC1=CC2SC3=c4cc(O)ccc4=C(c4ccc(OCCN5CCCC5)cc4)C3=C2C=C1. The molecule has 1 unspecified atom stereocenters. The van der Waals surface area contributed by atoms with Gasteiger partial charge in [-0.15, -0.1) is 11.8 Å². The quantitative estimate of drug-likeness (QED) is 0.740. The molecule has 0 spiro atoms. The van der Waals surface area contributed by atoms with Gasteiger partial charge in [-0.2, -0.15) is 0 Å². The molecular formula is C27H25NO3S. The van der Waals surface area contributed by atoms with E-state index in [1.54, 1.807) is 23.9 Å². The summed E-state index contributed by atoms with van der Waals surface area (Å²) in [5, 5.41) is 22.4. The summed E-state index contributed by atoms with van der Waals surface area (Å²) in [6.07, 6.45) is 8.28. The minimum Gasteiger partial charge on any atom is -0.508 e. The first kappa shape index (κ1) is 19.8. The van der Waals surface area contributed by atoms with Gasteiger partial charge in [-0.05, 0) is 84.3 Å². The number of phenolic OH excluding ortho intramolecular Hbond substituents is 1. The van der Waals surface area contributed by atoms with Crippen LogP contribution in [0.1, 0.15) is 18.4 Å². The van der Waals surface area contributed by atoms with Crippen molar-refractivity contribution >= 4 is 22.2 Å². The van der Waals surface area contributed by atoms with Crippen LogP contribution in [0.25, 0.3) is 10.5 Å². The Labute approximate surface area is 191 Å². The van der Waals surface area contributed by atoms with E-state index >= 15 is 0 Å². The normalized spacial score (nSPS) is 21.6. The fourth-order valence-corrected chi connectivity index (χ4v) is 6.47. The number of thioether (sulfide) groups is 1. The van der Waals surface area contributed by atoms with E-state index in [0.717, 1.165) is 28.3 Å². The minimum atomic E-state index is 0.101. The van der Waals surface area contributed by atoms with Gasteiger partial charge in [-0.3, -0.25) is 4.90 Å². The fraction of sp³-hybridized carbons (Fsp3) is 0.259. The van der Waals surface area contributed by atoms with E-state index in [4.69, 9.17) is 4.74 Å². The predicted octanol–water partition coefficient (Wildman–Crippen LogP) is 3.61. The standard InChI is InChI=1S/C27H25NO3S/c29-18-5-9-21-23(15-18)27-26(22-10-6-19(30)16-24(22)32-27)25(21)17-3-7-20(8-4-17)31-14-13-28-11-1-2-12-28/h3-10,15-16,24,29-30H,1-2,11-14H2. The number of aromatic hydroxyl groups is 1. The number of rotatable bonds is 5. The summed E-state index contributed by atoms with van der Waals surface area (Å²) < 4.78 is 6.00. The van der Waals surface area contributed by atoms with E-state index in [1.807, 2.05) is 24.3 Å². The molecule has 4 aliphatic rings. The van der Waals surface area contributed by atoms with Gasteiger partial charge < -0.3 is 14.9 Å². The van der Waals surface area contributed by atoms with Gasteiger partial charge >= 0.3 is 0 Å². The molecule has 2 N–H and O–H groups in total. The zero-order chi connectivity index (χ0) is 21.7. The Hall–Kier alpha value is -2.89. The van der Waals surface area contributed by atoms with Gasteiger partial charge in [0.25, 0.3) is 0 Å². The highest BCUT2D eigenvalue weighted by atomic mass is 32.2. The first-order valence-corrected chi connectivity index (χ1v) is 12.1. The molecule has 2 aliphatic heterocycles. The van der Waals surface area contributed by atoms with Crippen LogP contribution in [0.5, 0.6) is 11.5 Å². The van der Waals surface area contributed by atoms with Crippen molar-refractivity contribution in [2.45, 2.75) is 18.1 Å². The van der Waals surface area contributed by atoms with Crippen LogP contribution in [0.3, 0.4) is 0 Å². The van der Waals surface area contributed by atoms with Crippen LogP contribution in [-0.2, 0) is 0 Å². The molecule has 0 amide bonds. The number of aliphatic hydroxyl groups is 1. The number of phenols is 1. The van der Waals surface area contributed by atoms with Gasteiger partial charge in [0, 0.05) is 22.2 Å². The third-order valence-electron chi connectivity index (χ3n) is 6.61. The van der Waals surface area contributed by atoms with Crippen molar-refractivity contribution in [2.24, 2.45) is 0 Å². The van der Waals surface area contributed by atoms with Crippen molar-refractivity contribution in [2.75, 3.05) is 26.2 Å². The molecule has 4 nitrogen and oxygen atoms in total. The van der Waals surface area contributed by atoms with E-state index in [9.17, 15) is 10.2 Å². The third-order valence-corrected chi connectivity index (χ3v) is 7.91. The number of hydrogen-bond donors (Lipinski definition) is 2. The fourth-order valence-electron chi connectivity index (χ4n) is 5.06. The molecule has 32 heavy (non-hydrogen) atoms. The van der Waals surface area contributed by atoms with Gasteiger partial charge in [-0.1, -0.05) is 24.3 Å². The van der Waals surface area contributed by atoms with Crippen molar-refractivity contribution in [3.63, 3.8) is 0 Å². The van der Waals surface area contributed by atoms with Gasteiger partial charge in [-0.25, -0.2) is 0 Å². The summed E-state index contributed by atoms with van der Waals surface area (Å²) in [6, 6.07) is 14.0. The van der Waals surface area contributed by atoms with E-state index in [1.165, 1.54) is 47.6 Å². The van der Waals surface area contributed by atoms with Crippen molar-refractivity contribution < 1.29 is 14.9 Å². The number of nitrogens with zero attached hydrogens (tertiary/aromatic N) is 1. The number of hydrogen-bond acceptors (Lipinski definition) is 5. The molecule has 1 fully saturated rings. The van der Waals surface area contributed by atoms with Crippen LogP contribution >= 0.6 is 11.8 Å². The number of likely N-dealkylation sites (tertiary alicyclic amines) is 1. The van der Waals surface area contributed by atoms with Crippen molar-refractivity contribution in [3.8, 4) is 11.5 Å². The summed E-state index contributed by atoms with van der Waals surface area (Å²) >= 11 is 1.74. The molecule has 5 heteroatoms. The zero-order valence-electron chi connectivity index (χ0n) is 17.8. The number of benzene rings is 2. The highest BCUT2D eigenvalue weighted by molar-refractivity contribution is 8.09. The maximum Gasteiger partial charge on any atom is 0.119 e. The number of aliphatic hydroxyl groups excluding tert-OH is 1. The van der Waals surface area contributed by atoms with Gasteiger partial charge in [0.15, 0.2) is 0 Å². The average Bonchev–Trinajstić information content (AvgIpc) is 3.50. The first-order chi connectivity index (χ1) is 15.7. The summed E-state index contributed by atoms with van der Waals surface area (Å²) in [4.78, 5) is 3.63. The monoisotopic (exact) mass is 443 g/mol. The average molecular weight is 444 g/mol. The molecule has 2 heterocycles. The van der Waals surface area contributed by atoms with Crippen LogP contribution < -0.4 is 15.2 Å². The van der Waals surface area contributed by atoms with E-state index in [0.29, 0.717) is 12.4 Å². The van der Waals surface area contributed by atoms with Crippen LogP contribution in [0.15, 0.2) is 77.6 Å². The number of ether oxygens (including phenoxy) is 1. The van der Waals surface area contributed by atoms with Crippen molar-refractivity contribution in [1.29, 1.82) is 0 Å². The Bertz CT molecular complexity index is 1300.